The van der Waals surface area contributed by atoms with Gasteiger partial charge in [-0.3, -0.25) is 9.00 Å². The molecule has 0 aliphatic rings. The van der Waals surface area contributed by atoms with Crippen molar-refractivity contribution < 1.29 is 26.7 Å². The second-order valence-corrected chi connectivity index (χ2v) is 3.53. The van der Waals surface area contributed by atoms with Gasteiger partial charge in [0.2, 0.25) is 5.91 Å². The minimum Gasteiger partial charge on any atom is -0.772 e. The summed E-state index contributed by atoms with van der Waals surface area (Å²) in [5.41, 5.74) is 0. The van der Waals surface area contributed by atoms with Gasteiger partial charge in [0, 0.05) is 19.2 Å². The molecule has 0 saturated carbocycles. The molecular weight excluding hydrogens is 223 g/mol. The normalized spacial score (nSPS) is 16.1. The fourth-order valence-corrected chi connectivity index (χ4v) is 1.39. The molecule has 1 amide bonds. The van der Waals surface area contributed by atoms with E-state index in [0.717, 1.165) is 0 Å². The van der Waals surface area contributed by atoms with E-state index >= 15 is 0 Å². The SMILES string of the molecule is CNC(=O)CC(CS(=O)[O-])C(F)(F)F. The molecule has 84 valence electrons. The first-order valence-electron chi connectivity index (χ1n) is 3.60. The summed E-state index contributed by atoms with van der Waals surface area (Å²) in [5.74, 6) is -4.06. The highest BCUT2D eigenvalue weighted by atomic mass is 32.2. The van der Waals surface area contributed by atoms with Crippen molar-refractivity contribution in [2.45, 2.75) is 12.6 Å². The molecule has 14 heavy (non-hydrogen) atoms. The Bertz CT molecular complexity index is 231. The van der Waals surface area contributed by atoms with Gasteiger partial charge < -0.3 is 9.87 Å². The first kappa shape index (κ1) is 13.4. The second-order valence-electron chi connectivity index (χ2n) is 2.59. The lowest BCUT2D eigenvalue weighted by Crippen LogP contribution is -2.33. The lowest BCUT2D eigenvalue weighted by Gasteiger charge is -2.20. The van der Waals surface area contributed by atoms with E-state index in [2.05, 4.69) is 0 Å². The molecule has 0 fully saturated rings. The van der Waals surface area contributed by atoms with Crippen LogP contribution in [0.3, 0.4) is 0 Å². The lowest BCUT2D eigenvalue weighted by molar-refractivity contribution is -0.173. The number of amides is 1. The average molecular weight is 232 g/mol. The van der Waals surface area contributed by atoms with Gasteiger partial charge in [0.15, 0.2) is 0 Å². The van der Waals surface area contributed by atoms with Crippen LogP contribution in [0.15, 0.2) is 0 Å². The molecule has 0 saturated heterocycles. The molecule has 0 aliphatic carbocycles. The number of hydrogen-bond donors (Lipinski definition) is 1. The van der Waals surface area contributed by atoms with Gasteiger partial charge in [-0.1, -0.05) is 11.1 Å². The van der Waals surface area contributed by atoms with Gasteiger partial charge in [-0.15, -0.1) is 0 Å². The highest BCUT2D eigenvalue weighted by molar-refractivity contribution is 7.79. The van der Waals surface area contributed by atoms with Gasteiger partial charge in [-0.25, -0.2) is 0 Å². The monoisotopic (exact) mass is 232 g/mol. The predicted octanol–water partition coefficient (Wildman–Crippen LogP) is 0.180. The maximum atomic E-state index is 12.1. The quantitative estimate of drug-likeness (QED) is 0.703. The number of rotatable bonds is 4. The smallest absolute Gasteiger partial charge is 0.393 e. The number of carbonyl (C=O) groups is 1. The Balaban J connectivity index is 4.41. The molecule has 0 radical (unpaired) electrons. The fraction of sp³-hybridized carbons (Fsp3) is 0.833. The van der Waals surface area contributed by atoms with Crippen molar-refractivity contribution in [3.8, 4) is 0 Å². The van der Waals surface area contributed by atoms with Crippen LogP contribution in [0.2, 0.25) is 0 Å². The summed E-state index contributed by atoms with van der Waals surface area (Å²) in [6.45, 7) is 0. The van der Waals surface area contributed by atoms with E-state index in [9.17, 15) is 26.7 Å². The molecule has 0 rings (SSSR count). The van der Waals surface area contributed by atoms with Crippen LogP contribution >= 0.6 is 0 Å². The van der Waals surface area contributed by atoms with Gasteiger partial charge >= 0.3 is 6.18 Å². The Morgan fingerprint density at radius 3 is 2.36 bits per heavy atom. The van der Waals surface area contributed by atoms with Crippen LogP contribution in [0.25, 0.3) is 0 Å². The zero-order valence-corrected chi connectivity index (χ0v) is 8.07. The molecule has 0 bridgehead atoms. The molecular formula is C6H9F3NO3S-. The van der Waals surface area contributed by atoms with E-state index in [-0.39, 0.29) is 0 Å². The summed E-state index contributed by atoms with van der Waals surface area (Å²) in [4.78, 5) is 10.6. The third-order valence-corrected chi connectivity index (χ3v) is 2.19. The van der Waals surface area contributed by atoms with Crippen LogP contribution in [0.5, 0.6) is 0 Å². The van der Waals surface area contributed by atoms with Crippen LogP contribution < -0.4 is 5.32 Å². The summed E-state index contributed by atoms with van der Waals surface area (Å²) in [6.07, 6.45) is -5.54. The topological polar surface area (TPSA) is 69.2 Å². The standard InChI is InChI=1S/C6H10F3NO3S/c1-10-5(11)2-4(3-14(12)13)6(7,8)9/h4H,2-3H2,1H3,(H,10,11)(H,12,13)/p-1. The van der Waals surface area contributed by atoms with Crippen molar-refractivity contribution in [3.63, 3.8) is 0 Å². The Hall–Kier alpha value is -0.630. The Morgan fingerprint density at radius 2 is 2.07 bits per heavy atom. The molecule has 0 spiro atoms. The summed E-state index contributed by atoms with van der Waals surface area (Å²) >= 11 is -2.81. The predicted molar refractivity (Wildman–Crippen MR) is 42.0 cm³/mol. The first-order chi connectivity index (χ1) is 6.27. The van der Waals surface area contributed by atoms with E-state index in [1.807, 2.05) is 5.32 Å². The molecule has 0 heterocycles. The molecule has 0 aliphatic heterocycles. The van der Waals surface area contributed by atoms with Crippen molar-refractivity contribution in [3.05, 3.63) is 0 Å². The lowest BCUT2D eigenvalue weighted by atomic mass is 10.1. The van der Waals surface area contributed by atoms with Crippen molar-refractivity contribution in [2.75, 3.05) is 12.8 Å². The maximum Gasteiger partial charge on any atom is 0.393 e. The Labute approximate surface area is 81.1 Å². The Kier molecular flexibility index (Phi) is 5.06. The van der Waals surface area contributed by atoms with Gasteiger partial charge in [0.25, 0.3) is 0 Å². The van der Waals surface area contributed by atoms with Crippen LogP contribution in [-0.2, 0) is 15.9 Å². The molecule has 8 heteroatoms. The summed E-state index contributed by atoms with van der Waals surface area (Å²) < 4.78 is 56.6. The van der Waals surface area contributed by atoms with Crippen LogP contribution in [0, 0.1) is 5.92 Å². The Morgan fingerprint density at radius 1 is 1.57 bits per heavy atom. The molecule has 0 aromatic rings. The molecule has 2 unspecified atom stereocenters. The first-order valence-corrected chi connectivity index (χ1v) is 4.85. The molecule has 0 aromatic carbocycles. The van der Waals surface area contributed by atoms with Gasteiger partial charge in [0.05, 0.1) is 5.92 Å². The summed E-state index contributed by atoms with van der Waals surface area (Å²) in [7, 11) is 1.18. The maximum absolute atomic E-state index is 12.1. The number of halogens is 3. The highest BCUT2D eigenvalue weighted by Crippen LogP contribution is 2.29. The second kappa shape index (κ2) is 5.30. The van der Waals surface area contributed by atoms with Crippen LogP contribution in [-0.4, -0.2) is 33.6 Å². The molecule has 1 N–H and O–H groups in total. The molecule has 0 aromatic heterocycles. The fourth-order valence-electron chi connectivity index (χ4n) is 0.759. The van der Waals surface area contributed by atoms with Crippen molar-refractivity contribution in [2.24, 2.45) is 5.92 Å². The van der Waals surface area contributed by atoms with Gasteiger partial charge in [0.1, 0.15) is 0 Å². The number of alkyl halides is 3. The van der Waals surface area contributed by atoms with E-state index < -0.39 is 41.3 Å². The van der Waals surface area contributed by atoms with Crippen molar-refractivity contribution >= 4 is 17.0 Å². The minimum atomic E-state index is -4.67. The number of carbonyl (C=O) groups excluding carboxylic acids is 1. The van der Waals surface area contributed by atoms with Crippen LogP contribution in [0.4, 0.5) is 13.2 Å². The van der Waals surface area contributed by atoms with Gasteiger partial charge in [-0.2, -0.15) is 13.2 Å². The van der Waals surface area contributed by atoms with Crippen LogP contribution in [0.1, 0.15) is 6.42 Å². The van der Waals surface area contributed by atoms with Crippen molar-refractivity contribution in [1.29, 1.82) is 0 Å². The largest absolute Gasteiger partial charge is 0.772 e. The highest BCUT2D eigenvalue weighted by Gasteiger charge is 2.40. The van der Waals surface area contributed by atoms with E-state index in [4.69, 9.17) is 0 Å². The van der Waals surface area contributed by atoms with Crippen molar-refractivity contribution in [1.82, 2.24) is 5.32 Å². The zero-order chi connectivity index (χ0) is 11.4. The minimum absolute atomic E-state index is 0.835. The third-order valence-electron chi connectivity index (χ3n) is 1.51. The summed E-state index contributed by atoms with van der Waals surface area (Å²) in [5, 5.41) is 2.00. The number of hydrogen-bond acceptors (Lipinski definition) is 3. The van der Waals surface area contributed by atoms with E-state index in [1.54, 1.807) is 0 Å². The molecule has 4 nitrogen and oxygen atoms in total. The summed E-state index contributed by atoms with van der Waals surface area (Å²) in [6, 6.07) is 0. The number of nitrogens with one attached hydrogen (secondary N) is 1. The van der Waals surface area contributed by atoms with E-state index in [1.165, 1.54) is 7.05 Å². The average Bonchev–Trinajstić information content (AvgIpc) is 2.00. The van der Waals surface area contributed by atoms with Gasteiger partial charge in [-0.05, 0) is 0 Å². The molecule has 2 atom stereocenters. The third kappa shape index (κ3) is 5.18. The zero-order valence-electron chi connectivity index (χ0n) is 7.26. The van der Waals surface area contributed by atoms with E-state index in [0.29, 0.717) is 0 Å².